The normalized spacial score (nSPS) is 24.4. The molecule has 40 heavy (non-hydrogen) atoms. The Kier molecular flexibility index (Phi) is 6.34. The van der Waals surface area contributed by atoms with E-state index in [0.717, 1.165) is 23.1 Å². The number of hydrogen-bond acceptors (Lipinski definition) is 4. The Morgan fingerprint density at radius 3 is 2.25 bits per heavy atom. The highest BCUT2D eigenvalue weighted by Crippen LogP contribution is 2.44. The summed E-state index contributed by atoms with van der Waals surface area (Å²) in [5, 5.41) is 0. The zero-order valence-corrected chi connectivity index (χ0v) is 23.0. The first-order chi connectivity index (χ1) is 18.8. The number of anilines is 1. The molecule has 3 heterocycles. The predicted octanol–water partition coefficient (Wildman–Crippen LogP) is 6.23. The first-order valence-corrected chi connectivity index (χ1v) is 13.8. The number of fused-ring (bicyclic) bond motifs is 1. The summed E-state index contributed by atoms with van der Waals surface area (Å²) in [5.41, 5.74) is 1.34. The van der Waals surface area contributed by atoms with Gasteiger partial charge in [0.2, 0.25) is 11.8 Å². The highest BCUT2D eigenvalue weighted by Gasteiger charge is 2.52. The van der Waals surface area contributed by atoms with E-state index in [-0.39, 0.29) is 49.7 Å². The summed E-state index contributed by atoms with van der Waals surface area (Å²) < 4.78 is 70.5. The van der Waals surface area contributed by atoms with Crippen LogP contribution in [0.15, 0.2) is 36.4 Å². The van der Waals surface area contributed by atoms with Gasteiger partial charge in [0.25, 0.3) is 0 Å². The second kappa shape index (κ2) is 9.31. The average molecular weight is 557 g/mol. The zero-order valence-electron chi connectivity index (χ0n) is 23.0. The Morgan fingerprint density at radius 1 is 0.925 bits per heavy atom. The van der Waals surface area contributed by atoms with Crippen LogP contribution in [0, 0.1) is 11.6 Å². The number of carbonyl (C=O) groups is 1. The van der Waals surface area contributed by atoms with Crippen LogP contribution in [0.25, 0.3) is 11.0 Å². The fourth-order valence-corrected chi connectivity index (χ4v) is 6.05. The Bertz CT molecular complexity index is 1460. The van der Waals surface area contributed by atoms with Crippen molar-refractivity contribution in [3.63, 3.8) is 0 Å². The van der Waals surface area contributed by atoms with Crippen molar-refractivity contribution in [2.45, 2.75) is 95.4 Å². The third-order valence-corrected chi connectivity index (χ3v) is 9.01. The molecular weight excluding hydrogens is 525 g/mol. The van der Waals surface area contributed by atoms with E-state index in [0.29, 0.717) is 17.8 Å². The zero-order chi connectivity index (χ0) is 28.6. The number of hydrogen-bond donors (Lipinski definition) is 0. The number of nitrogens with zero attached hydrogens (tertiary/aromatic N) is 3. The second-order valence-corrected chi connectivity index (χ2v) is 12.2. The van der Waals surface area contributed by atoms with E-state index >= 15 is 0 Å². The summed E-state index contributed by atoms with van der Waals surface area (Å²) in [6.07, 6.45) is 0.661. The van der Waals surface area contributed by atoms with Gasteiger partial charge >= 0.3 is 7.12 Å². The molecule has 0 N–H and O–H groups in total. The quantitative estimate of drug-likeness (QED) is 0.282. The van der Waals surface area contributed by atoms with Crippen LogP contribution in [-0.4, -0.2) is 39.7 Å². The standard InChI is InChI=1S/C29H32BF4N3O3/c1-27(2)28(3,4)40-30(39-27)17-5-8-23-22(15-17)35-26(37(23)18-11-13-29(33,34)14-12-18)24-9-10-25(38)36(24)19-6-7-20(31)21(32)16-19/h5-8,15-16,18,24H,9-14H2,1-4H3. The predicted molar refractivity (Wildman–Crippen MR) is 144 cm³/mol. The van der Waals surface area contributed by atoms with Gasteiger partial charge in [-0.1, -0.05) is 6.07 Å². The first kappa shape index (κ1) is 27.3. The molecular formula is C29H32BF4N3O3. The van der Waals surface area contributed by atoms with Gasteiger partial charge in [0.05, 0.1) is 28.3 Å². The molecule has 6 rings (SSSR count). The van der Waals surface area contributed by atoms with Crippen molar-refractivity contribution in [3.05, 3.63) is 53.9 Å². The summed E-state index contributed by atoms with van der Waals surface area (Å²) in [6.45, 7) is 7.89. The van der Waals surface area contributed by atoms with Crippen LogP contribution >= 0.6 is 0 Å². The lowest BCUT2D eigenvalue weighted by Crippen LogP contribution is -2.41. The molecule has 1 aromatic heterocycles. The first-order valence-electron chi connectivity index (χ1n) is 13.8. The molecule has 3 fully saturated rings. The fraction of sp³-hybridized carbons (Fsp3) is 0.517. The van der Waals surface area contributed by atoms with Crippen molar-refractivity contribution in [3.8, 4) is 0 Å². The Morgan fingerprint density at radius 2 is 1.60 bits per heavy atom. The van der Waals surface area contributed by atoms with Crippen LogP contribution in [-0.2, 0) is 14.1 Å². The molecule has 2 saturated heterocycles. The fourth-order valence-electron chi connectivity index (χ4n) is 6.05. The van der Waals surface area contributed by atoms with Crippen molar-refractivity contribution in [1.82, 2.24) is 9.55 Å². The maximum Gasteiger partial charge on any atom is 0.494 e. The van der Waals surface area contributed by atoms with Gasteiger partial charge in [-0.05, 0) is 76.7 Å². The van der Waals surface area contributed by atoms with Crippen LogP contribution in [0.4, 0.5) is 23.2 Å². The third kappa shape index (κ3) is 4.51. The van der Waals surface area contributed by atoms with E-state index in [1.807, 2.05) is 50.5 Å². The maximum absolute atomic E-state index is 14.2. The highest BCUT2D eigenvalue weighted by atomic mass is 19.3. The van der Waals surface area contributed by atoms with E-state index in [4.69, 9.17) is 14.3 Å². The summed E-state index contributed by atoms with van der Waals surface area (Å²) in [5.74, 6) is -4.45. The molecule has 2 aliphatic heterocycles. The molecule has 0 spiro atoms. The molecule has 1 unspecified atom stereocenters. The molecule has 2 aromatic carbocycles. The number of alkyl halides is 2. The molecule has 3 aliphatic rings. The van der Waals surface area contributed by atoms with Crippen LogP contribution < -0.4 is 10.4 Å². The summed E-state index contributed by atoms with van der Waals surface area (Å²) in [6, 6.07) is 8.26. The molecule has 212 valence electrons. The summed E-state index contributed by atoms with van der Waals surface area (Å²) in [4.78, 5) is 19.4. The maximum atomic E-state index is 14.2. The van der Waals surface area contributed by atoms with Crippen LogP contribution in [0.3, 0.4) is 0 Å². The van der Waals surface area contributed by atoms with E-state index < -0.39 is 41.9 Å². The second-order valence-electron chi connectivity index (χ2n) is 12.2. The van der Waals surface area contributed by atoms with Crippen molar-refractivity contribution in [2.24, 2.45) is 0 Å². The molecule has 11 heteroatoms. The van der Waals surface area contributed by atoms with Crippen LogP contribution in [0.1, 0.15) is 84.1 Å². The average Bonchev–Trinajstić information content (AvgIpc) is 3.51. The van der Waals surface area contributed by atoms with Gasteiger partial charge in [-0.15, -0.1) is 0 Å². The summed E-state index contributed by atoms with van der Waals surface area (Å²) >= 11 is 0. The minimum atomic E-state index is -2.71. The molecule has 1 atom stereocenters. The molecule has 1 amide bonds. The van der Waals surface area contributed by atoms with Crippen molar-refractivity contribution in [2.75, 3.05) is 4.90 Å². The molecule has 1 aliphatic carbocycles. The van der Waals surface area contributed by atoms with Crippen molar-refractivity contribution >= 4 is 35.2 Å². The Hall–Kier alpha value is -2.92. The smallest absolute Gasteiger partial charge is 0.399 e. The van der Waals surface area contributed by atoms with Crippen LogP contribution in [0.5, 0.6) is 0 Å². The molecule has 1 saturated carbocycles. The van der Waals surface area contributed by atoms with Crippen molar-refractivity contribution < 1.29 is 31.7 Å². The van der Waals surface area contributed by atoms with Gasteiger partial charge in [0.1, 0.15) is 5.82 Å². The van der Waals surface area contributed by atoms with Crippen molar-refractivity contribution in [1.29, 1.82) is 0 Å². The molecule has 6 nitrogen and oxygen atoms in total. The summed E-state index contributed by atoms with van der Waals surface area (Å²) in [7, 11) is -0.608. The lowest BCUT2D eigenvalue weighted by atomic mass is 9.79. The number of rotatable bonds is 4. The van der Waals surface area contributed by atoms with Gasteiger partial charge in [-0.2, -0.15) is 0 Å². The number of amides is 1. The lowest BCUT2D eigenvalue weighted by Gasteiger charge is -2.32. The van der Waals surface area contributed by atoms with Gasteiger partial charge in [0.15, 0.2) is 11.6 Å². The Balaban J connectivity index is 1.45. The highest BCUT2D eigenvalue weighted by molar-refractivity contribution is 6.62. The van der Waals surface area contributed by atoms with Gasteiger partial charge in [0, 0.05) is 37.1 Å². The monoisotopic (exact) mass is 557 g/mol. The number of imidazole rings is 1. The third-order valence-electron chi connectivity index (χ3n) is 9.01. The number of carbonyl (C=O) groups excluding carboxylic acids is 1. The molecule has 3 aromatic rings. The SMILES string of the molecule is CC1(C)OB(c2ccc3c(c2)nc(C2CCC(=O)N2c2ccc(F)c(F)c2)n3C2CCC(F)(F)CC2)OC1(C)C. The van der Waals surface area contributed by atoms with Gasteiger partial charge in [-0.25, -0.2) is 22.5 Å². The largest absolute Gasteiger partial charge is 0.494 e. The lowest BCUT2D eigenvalue weighted by molar-refractivity contribution is -0.117. The topological polar surface area (TPSA) is 56.6 Å². The Labute approximate surface area is 230 Å². The number of aromatic nitrogens is 2. The van der Waals surface area contributed by atoms with E-state index in [1.165, 1.54) is 11.0 Å². The van der Waals surface area contributed by atoms with Gasteiger partial charge < -0.3 is 18.8 Å². The van der Waals surface area contributed by atoms with E-state index in [9.17, 15) is 22.4 Å². The molecule has 0 radical (unpaired) electrons. The van der Waals surface area contributed by atoms with E-state index in [1.54, 1.807) is 0 Å². The number of benzene rings is 2. The minimum Gasteiger partial charge on any atom is -0.399 e. The van der Waals surface area contributed by atoms with Gasteiger partial charge in [-0.3, -0.25) is 4.79 Å². The van der Waals surface area contributed by atoms with E-state index in [2.05, 4.69) is 0 Å². The van der Waals surface area contributed by atoms with Crippen LogP contribution in [0.2, 0.25) is 0 Å². The minimum absolute atomic E-state index is 0.203. The number of halogens is 4. The molecule has 0 bridgehead atoms.